The van der Waals surface area contributed by atoms with Crippen molar-refractivity contribution in [3.05, 3.63) is 45.7 Å². The Morgan fingerprint density at radius 3 is 2.70 bits per heavy atom. The number of hydrogen-bond acceptors (Lipinski definition) is 7. The molecule has 0 bridgehead atoms. The molecule has 2 rings (SSSR count). The molecule has 1 heterocycles. The van der Waals surface area contributed by atoms with Gasteiger partial charge in [0.05, 0.1) is 22.2 Å². The van der Waals surface area contributed by atoms with Gasteiger partial charge in [0.2, 0.25) is 11.6 Å². The predicted molar refractivity (Wildman–Crippen MR) is 88.4 cm³/mol. The Morgan fingerprint density at radius 1 is 1.35 bits per heavy atom. The first-order chi connectivity index (χ1) is 11.0. The second-order valence-electron chi connectivity index (χ2n) is 4.78. The molecule has 1 atom stereocenters. The van der Waals surface area contributed by atoms with Crippen LogP contribution in [0.2, 0.25) is 5.02 Å². The summed E-state index contributed by atoms with van der Waals surface area (Å²) < 4.78 is 5.01. The largest absolute Gasteiger partial charge is 0.383 e. The molecule has 1 aromatic carbocycles. The van der Waals surface area contributed by atoms with Crippen molar-refractivity contribution < 1.29 is 9.66 Å². The quantitative estimate of drug-likeness (QED) is 0.590. The Kier molecular flexibility index (Phi) is 5.67. The summed E-state index contributed by atoms with van der Waals surface area (Å²) in [6.45, 7) is 2.21. The molecule has 1 aromatic heterocycles. The van der Waals surface area contributed by atoms with E-state index in [1.54, 1.807) is 31.4 Å². The van der Waals surface area contributed by atoms with Gasteiger partial charge >= 0.3 is 5.69 Å². The number of rotatable bonds is 7. The monoisotopic (exact) mass is 337 g/mol. The molecule has 0 aliphatic carbocycles. The van der Waals surface area contributed by atoms with Gasteiger partial charge in [0.25, 0.3) is 0 Å². The number of halogens is 1. The van der Waals surface area contributed by atoms with Gasteiger partial charge in [0.15, 0.2) is 0 Å². The Morgan fingerprint density at radius 2 is 2.04 bits per heavy atom. The van der Waals surface area contributed by atoms with Gasteiger partial charge in [-0.25, -0.2) is 9.97 Å². The van der Waals surface area contributed by atoms with Crippen molar-refractivity contribution in [1.29, 1.82) is 0 Å². The molecule has 0 aliphatic heterocycles. The van der Waals surface area contributed by atoms with E-state index >= 15 is 0 Å². The van der Waals surface area contributed by atoms with Gasteiger partial charge < -0.3 is 15.4 Å². The lowest BCUT2D eigenvalue weighted by Crippen LogP contribution is -2.22. The zero-order valence-electron chi connectivity index (χ0n) is 12.6. The Labute approximate surface area is 138 Å². The van der Waals surface area contributed by atoms with Crippen LogP contribution in [-0.4, -0.2) is 34.6 Å². The molecule has 2 aromatic rings. The van der Waals surface area contributed by atoms with Crippen LogP contribution in [0.15, 0.2) is 30.6 Å². The van der Waals surface area contributed by atoms with E-state index in [0.717, 1.165) is 0 Å². The van der Waals surface area contributed by atoms with Crippen LogP contribution in [0.5, 0.6) is 0 Å². The van der Waals surface area contributed by atoms with Crippen LogP contribution in [0, 0.1) is 10.1 Å². The molecule has 9 heteroatoms. The number of hydrogen-bond donors (Lipinski definition) is 2. The lowest BCUT2D eigenvalue weighted by Gasteiger charge is -2.14. The van der Waals surface area contributed by atoms with Gasteiger partial charge in [-0.05, 0) is 19.1 Å². The Bertz CT molecular complexity index is 698. The SMILES string of the molecule is COCC(C)Nc1ncnc(Nc2ccccc2Cl)c1[N+](=O)[O-]. The lowest BCUT2D eigenvalue weighted by molar-refractivity contribution is -0.383. The molecule has 0 amide bonds. The average Bonchev–Trinajstić information content (AvgIpc) is 2.49. The van der Waals surface area contributed by atoms with Crippen LogP contribution >= 0.6 is 11.6 Å². The highest BCUT2D eigenvalue weighted by atomic mass is 35.5. The van der Waals surface area contributed by atoms with Gasteiger partial charge in [0.1, 0.15) is 6.33 Å². The average molecular weight is 338 g/mol. The van der Waals surface area contributed by atoms with Crippen molar-refractivity contribution in [3.63, 3.8) is 0 Å². The molecule has 1 unspecified atom stereocenters. The number of methoxy groups -OCH3 is 1. The van der Waals surface area contributed by atoms with Crippen LogP contribution < -0.4 is 10.6 Å². The van der Waals surface area contributed by atoms with E-state index in [1.807, 2.05) is 6.92 Å². The Hall–Kier alpha value is -2.45. The summed E-state index contributed by atoms with van der Waals surface area (Å²) in [7, 11) is 1.55. The van der Waals surface area contributed by atoms with Crippen molar-refractivity contribution in [3.8, 4) is 0 Å². The molecule has 0 saturated heterocycles. The number of anilines is 3. The normalized spacial score (nSPS) is 11.8. The van der Waals surface area contributed by atoms with Crippen LogP contribution in [0.4, 0.5) is 23.0 Å². The second-order valence-corrected chi connectivity index (χ2v) is 5.19. The maximum absolute atomic E-state index is 11.4. The third kappa shape index (κ3) is 4.27. The summed E-state index contributed by atoms with van der Waals surface area (Å²) in [6, 6.07) is 6.76. The molecule has 122 valence electrons. The van der Waals surface area contributed by atoms with E-state index in [9.17, 15) is 10.1 Å². The van der Waals surface area contributed by atoms with Crippen molar-refractivity contribution >= 4 is 34.6 Å². The van der Waals surface area contributed by atoms with Crippen LogP contribution in [-0.2, 0) is 4.74 Å². The summed E-state index contributed by atoms with van der Waals surface area (Å²) in [5, 5.41) is 17.7. The third-order valence-electron chi connectivity index (χ3n) is 2.93. The number of benzene rings is 1. The second kappa shape index (κ2) is 7.70. The summed E-state index contributed by atoms with van der Waals surface area (Å²) in [5.41, 5.74) is 0.266. The first-order valence-electron chi connectivity index (χ1n) is 6.79. The minimum Gasteiger partial charge on any atom is -0.383 e. The number of nitrogens with zero attached hydrogens (tertiary/aromatic N) is 3. The summed E-state index contributed by atoms with van der Waals surface area (Å²) in [6.07, 6.45) is 1.24. The molecular formula is C14H16ClN5O3. The van der Waals surface area contributed by atoms with Crippen molar-refractivity contribution in [2.75, 3.05) is 24.4 Å². The van der Waals surface area contributed by atoms with Crippen LogP contribution in [0.3, 0.4) is 0 Å². The summed E-state index contributed by atoms with van der Waals surface area (Å²) in [4.78, 5) is 18.8. The standard InChI is InChI=1S/C14H16ClN5O3/c1-9(7-23-2)18-13-12(20(21)22)14(17-8-16-13)19-11-6-4-3-5-10(11)15/h3-6,8-9H,7H2,1-2H3,(H2,16,17,18,19). The minimum absolute atomic E-state index is 0.0604. The number of nitrogens with one attached hydrogen (secondary N) is 2. The van der Waals surface area contributed by atoms with Crippen LogP contribution in [0.1, 0.15) is 6.92 Å². The zero-order chi connectivity index (χ0) is 16.8. The molecule has 23 heavy (non-hydrogen) atoms. The van der Waals surface area contributed by atoms with Crippen molar-refractivity contribution in [2.24, 2.45) is 0 Å². The third-order valence-corrected chi connectivity index (χ3v) is 3.26. The molecule has 0 aliphatic rings. The van der Waals surface area contributed by atoms with E-state index < -0.39 is 4.92 Å². The maximum Gasteiger partial charge on any atom is 0.353 e. The van der Waals surface area contributed by atoms with E-state index in [0.29, 0.717) is 17.3 Å². The molecule has 0 spiro atoms. The minimum atomic E-state index is -0.541. The summed E-state index contributed by atoms with van der Waals surface area (Å²) >= 11 is 6.06. The van der Waals surface area contributed by atoms with E-state index in [4.69, 9.17) is 16.3 Å². The molecule has 0 radical (unpaired) electrons. The lowest BCUT2D eigenvalue weighted by atomic mass is 10.3. The fraction of sp³-hybridized carbons (Fsp3) is 0.286. The van der Waals surface area contributed by atoms with Crippen LogP contribution in [0.25, 0.3) is 0 Å². The number of nitro groups is 1. The highest BCUT2D eigenvalue weighted by molar-refractivity contribution is 6.33. The van der Waals surface area contributed by atoms with E-state index in [2.05, 4.69) is 20.6 Å². The Balaban J connectivity index is 2.36. The molecule has 0 fully saturated rings. The van der Waals surface area contributed by atoms with Crippen molar-refractivity contribution in [1.82, 2.24) is 9.97 Å². The topological polar surface area (TPSA) is 102 Å². The molecule has 0 saturated carbocycles. The fourth-order valence-corrected chi connectivity index (χ4v) is 2.15. The molecule has 8 nitrogen and oxygen atoms in total. The number of para-hydroxylation sites is 1. The predicted octanol–water partition coefficient (Wildman–Crippen LogP) is 3.23. The van der Waals surface area contributed by atoms with Gasteiger partial charge in [-0.3, -0.25) is 10.1 Å². The van der Waals surface area contributed by atoms with E-state index in [1.165, 1.54) is 6.33 Å². The van der Waals surface area contributed by atoms with Gasteiger partial charge in [-0.2, -0.15) is 0 Å². The molecular weight excluding hydrogens is 322 g/mol. The first kappa shape index (κ1) is 16.9. The first-order valence-corrected chi connectivity index (χ1v) is 7.17. The summed E-state index contributed by atoms with van der Waals surface area (Å²) in [5.74, 6) is 0.175. The van der Waals surface area contributed by atoms with Crippen molar-refractivity contribution in [2.45, 2.75) is 13.0 Å². The van der Waals surface area contributed by atoms with Gasteiger partial charge in [-0.1, -0.05) is 23.7 Å². The fourth-order valence-electron chi connectivity index (χ4n) is 1.96. The smallest absolute Gasteiger partial charge is 0.353 e. The highest BCUT2D eigenvalue weighted by Crippen LogP contribution is 2.33. The van der Waals surface area contributed by atoms with E-state index in [-0.39, 0.29) is 23.4 Å². The zero-order valence-corrected chi connectivity index (χ0v) is 13.4. The van der Waals surface area contributed by atoms with Gasteiger partial charge in [0, 0.05) is 13.2 Å². The maximum atomic E-state index is 11.4. The number of ether oxygens (including phenoxy) is 1. The molecule has 2 N–H and O–H groups in total. The van der Waals surface area contributed by atoms with Gasteiger partial charge in [-0.15, -0.1) is 0 Å². The number of aromatic nitrogens is 2. The highest BCUT2D eigenvalue weighted by Gasteiger charge is 2.24.